The molecule has 132 valence electrons. The first-order valence-electron chi connectivity index (χ1n) is 7.94. The van der Waals surface area contributed by atoms with E-state index in [4.69, 9.17) is 11.6 Å². The van der Waals surface area contributed by atoms with Crippen LogP contribution in [0.3, 0.4) is 0 Å². The molecule has 0 atom stereocenters. The number of halogens is 1. The van der Waals surface area contributed by atoms with Crippen LogP contribution in [0.5, 0.6) is 0 Å². The number of benzene rings is 2. The zero-order chi connectivity index (χ0) is 18.4. The summed E-state index contributed by atoms with van der Waals surface area (Å²) in [5.74, 6) is -0.396. The number of carbonyl (C=O) groups excluding carboxylic acids is 2. The van der Waals surface area contributed by atoms with Gasteiger partial charge in [-0.2, -0.15) is 0 Å². The minimum absolute atomic E-state index is 0.0888. The Morgan fingerprint density at radius 2 is 1.52 bits per heavy atom. The Kier molecular flexibility index (Phi) is 6.56. The van der Waals surface area contributed by atoms with Gasteiger partial charge in [0.2, 0.25) is 11.8 Å². The van der Waals surface area contributed by atoms with E-state index in [0.717, 1.165) is 16.8 Å². The molecule has 6 heteroatoms. The Bertz CT molecular complexity index is 757. The summed E-state index contributed by atoms with van der Waals surface area (Å²) in [4.78, 5) is 25.8. The molecule has 2 N–H and O–H groups in total. The Balaban J connectivity index is 1.84. The summed E-state index contributed by atoms with van der Waals surface area (Å²) in [6.45, 7) is 4.16. The van der Waals surface area contributed by atoms with E-state index >= 15 is 0 Å². The van der Waals surface area contributed by atoms with Gasteiger partial charge < -0.3 is 10.6 Å². The standard InChI is InChI=1S/C19H22ClN3O2/c1-13-8-14(2)10-15(9-13)21-18(24)11-23(3)12-19(25)22-17-7-5-4-6-16(17)20/h4-10H,11-12H2,1-3H3,(H,21,24)(H,22,25). The van der Waals surface area contributed by atoms with Gasteiger partial charge in [0.15, 0.2) is 0 Å². The molecule has 2 rings (SSSR count). The second-order valence-electron chi connectivity index (χ2n) is 6.12. The predicted molar refractivity (Wildman–Crippen MR) is 102 cm³/mol. The number of hydrogen-bond acceptors (Lipinski definition) is 3. The molecule has 0 aliphatic heterocycles. The normalized spacial score (nSPS) is 10.6. The van der Waals surface area contributed by atoms with Gasteiger partial charge in [0.25, 0.3) is 0 Å². The molecule has 0 unspecified atom stereocenters. The summed E-state index contributed by atoms with van der Waals surface area (Å²) in [6.07, 6.45) is 0. The van der Waals surface area contributed by atoms with Crippen molar-refractivity contribution >= 4 is 34.8 Å². The highest BCUT2D eigenvalue weighted by molar-refractivity contribution is 6.33. The molecule has 0 spiro atoms. The number of nitrogens with zero attached hydrogens (tertiary/aromatic N) is 1. The zero-order valence-electron chi connectivity index (χ0n) is 14.6. The fourth-order valence-electron chi connectivity index (χ4n) is 2.55. The number of aryl methyl sites for hydroxylation is 2. The maximum absolute atomic E-state index is 12.1. The van der Waals surface area contributed by atoms with Crippen molar-refractivity contribution in [3.63, 3.8) is 0 Å². The lowest BCUT2D eigenvalue weighted by atomic mass is 10.1. The maximum Gasteiger partial charge on any atom is 0.238 e. The highest BCUT2D eigenvalue weighted by atomic mass is 35.5. The lowest BCUT2D eigenvalue weighted by Gasteiger charge is -2.16. The van der Waals surface area contributed by atoms with Crippen molar-refractivity contribution < 1.29 is 9.59 Å². The van der Waals surface area contributed by atoms with Crippen molar-refractivity contribution in [2.75, 3.05) is 30.8 Å². The van der Waals surface area contributed by atoms with Gasteiger partial charge >= 0.3 is 0 Å². The van der Waals surface area contributed by atoms with Crippen LogP contribution in [0.1, 0.15) is 11.1 Å². The van der Waals surface area contributed by atoms with Gasteiger partial charge in [-0.05, 0) is 56.3 Å². The van der Waals surface area contributed by atoms with E-state index in [9.17, 15) is 9.59 Å². The topological polar surface area (TPSA) is 61.4 Å². The number of rotatable bonds is 6. The van der Waals surface area contributed by atoms with Gasteiger partial charge in [0, 0.05) is 5.69 Å². The number of amides is 2. The summed E-state index contributed by atoms with van der Waals surface area (Å²) in [5.41, 5.74) is 3.49. The van der Waals surface area contributed by atoms with E-state index < -0.39 is 0 Å². The molecule has 5 nitrogen and oxygen atoms in total. The molecular formula is C19H22ClN3O2. The van der Waals surface area contributed by atoms with E-state index in [1.54, 1.807) is 36.2 Å². The average Bonchev–Trinajstić information content (AvgIpc) is 2.47. The first-order chi connectivity index (χ1) is 11.8. The molecule has 0 aromatic heterocycles. The summed E-state index contributed by atoms with van der Waals surface area (Å²) in [7, 11) is 1.72. The van der Waals surface area contributed by atoms with Crippen LogP contribution in [-0.4, -0.2) is 36.9 Å². The maximum atomic E-state index is 12.1. The minimum Gasteiger partial charge on any atom is -0.325 e. The number of nitrogens with one attached hydrogen (secondary N) is 2. The van der Waals surface area contributed by atoms with Crippen molar-refractivity contribution in [1.82, 2.24) is 4.90 Å². The second-order valence-corrected chi connectivity index (χ2v) is 6.53. The molecule has 0 saturated heterocycles. The van der Waals surface area contributed by atoms with Crippen molar-refractivity contribution in [3.8, 4) is 0 Å². The summed E-state index contributed by atoms with van der Waals surface area (Å²) in [6, 6.07) is 12.9. The fourth-order valence-corrected chi connectivity index (χ4v) is 2.73. The Morgan fingerprint density at radius 3 is 2.12 bits per heavy atom. The molecule has 2 aromatic carbocycles. The Morgan fingerprint density at radius 1 is 0.960 bits per heavy atom. The van der Waals surface area contributed by atoms with Crippen molar-refractivity contribution in [2.45, 2.75) is 13.8 Å². The molecule has 0 heterocycles. The number of carbonyl (C=O) groups is 2. The van der Waals surface area contributed by atoms with Crippen molar-refractivity contribution in [1.29, 1.82) is 0 Å². The lowest BCUT2D eigenvalue weighted by Crippen LogP contribution is -2.36. The summed E-state index contributed by atoms with van der Waals surface area (Å²) < 4.78 is 0. The minimum atomic E-state index is -0.227. The van der Waals surface area contributed by atoms with Crippen molar-refractivity contribution in [3.05, 3.63) is 58.6 Å². The molecule has 0 bridgehead atoms. The first kappa shape index (κ1) is 19.0. The average molecular weight is 360 g/mol. The molecule has 0 aliphatic carbocycles. The van der Waals surface area contributed by atoms with Crippen LogP contribution < -0.4 is 10.6 Å². The van der Waals surface area contributed by atoms with Crippen LogP contribution in [0.15, 0.2) is 42.5 Å². The quantitative estimate of drug-likeness (QED) is 0.830. The van der Waals surface area contributed by atoms with Crippen LogP contribution in [0, 0.1) is 13.8 Å². The monoisotopic (exact) mass is 359 g/mol. The van der Waals surface area contributed by atoms with Gasteiger partial charge in [0.05, 0.1) is 23.8 Å². The van der Waals surface area contributed by atoms with Gasteiger partial charge in [-0.1, -0.05) is 29.8 Å². The Hall–Kier alpha value is -2.37. The van der Waals surface area contributed by atoms with Crippen LogP contribution in [-0.2, 0) is 9.59 Å². The zero-order valence-corrected chi connectivity index (χ0v) is 15.4. The van der Waals surface area contributed by atoms with Gasteiger partial charge in [-0.25, -0.2) is 0 Å². The number of para-hydroxylation sites is 1. The highest BCUT2D eigenvalue weighted by Crippen LogP contribution is 2.20. The highest BCUT2D eigenvalue weighted by Gasteiger charge is 2.12. The Labute approximate surface area is 153 Å². The van der Waals surface area contributed by atoms with Crippen LogP contribution in [0.2, 0.25) is 5.02 Å². The van der Waals surface area contributed by atoms with Crippen LogP contribution in [0.25, 0.3) is 0 Å². The number of hydrogen-bond donors (Lipinski definition) is 2. The first-order valence-corrected chi connectivity index (χ1v) is 8.32. The van der Waals surface area contributed by atoms with Crippen LogP contribution in [0.4, 0.5) is 11.4 Å². The van der Waals surface area contributed by atoms with E-state index in [1.807, 2.05) is 32.0 Å². The molecule has 0 saturated carbocycles. The molecule has 2 aromatic rings. The van der Waals surface area contributed by atoms with E-state index in [2.05, 4.69) is 10.6 Å². The molecule has 25 heavy (non-hydrogen) atoms. The van der Waals surface area contributed by atoms with Crippen molar-refractivity contribution in [2.24, 2.45) is 0 Å². The second kappa shape index (κ2) is 8.65. The third kappa shape index (κ3) is 6.21. The third-order valence-electron chi connectivity index (χ3n) is 3.48. The summed E-state index contributed by atoms with van der Waals surface area (Å²) >= 11 is 6.01. The van der Waals surface area contributed by atoms with E-state index in [0.29, 0.717) is 10.7 Å². The SMILES string of the molecule is Cc1cc(C)cc(NC(=O)CN(C)CC(=O)Nc2ccccc2Cl)c1. The molecule has 0 aliphatic rings. The molecule has 2 amide bonds. The van der Waals surface area contributed by atoms with E-state index in [-0.39, 0.29) is 24.9 Å². The van der Waals surface area contributed by atoms with Gasteiger partial charge in [-0.3, -0.25) is 14.5 Å². The number of likely N-dealkylation sites (N-methyl/N-ethyl adjacent to an activating group) is 1. The molecular weight excluding hydrogens is 338 g/mol. The smallest absolute Gasteiger partial charge is 0.238 e. The largest absolute Gasteiger partial charge is 0.325 e. The number of anilines is 2. The molecule has 0 fully saturated rings. The van der Waals surface area contributed by atoms with Gasteiger partial charge in [-0.15, -0.1) is 0 Å². The third-order valence-corrected chi connectivity index (χ3v) is 3.81. The van der Waals surface area contributed by atoms with Gasteiger partial charge in [0.1, 0.15) is 0 Å². The van der Waals surface area contributed by atoms with E-state index in [1.165, 1.54) is 0 Å². The lowest BCUT2D eigenvalue weighted by molar-refractivity contribution is -0.119. The van der Waals surface area contributed by atoms with Crippen LogP contribution >= 0.6 is 11.6 Å². The summed E-state index contributed by atoms with van der Waals surface area (Å²) in [5, 5.41) is 6.07. The predicted octanol–water partition coefficient (Wildman–Crippen LogP) is 3.47. The fraction of sp³-hybridized carbons (Fsp3) is 0.263. The molecule has 0 radical (unpaired) electrons.